The number of esters is 1. The summed E-state index contributed by atoms with van der Waals surface area (Å²) in [6.07, 6.45) is 5.34. The van der Waals surface area contributed by atoms with Gasteiger partial charge in [0.2, 0.25) is 5.60 Å². The Morgan fingerprint density at radius 2 is 1.82 bits per heavy atom. The predicted octanol–water partition coefficient (Wildman–Crippen LogP) is 2.88. The van der Waals surface area contributed by atoms with Gasteiger partial charge in [0.25, 0.3) is 0 Å². The minimum Gasteiger partial charge on any atom is -0.478 e. The molecule has 0 amide bonds. The molecule has 4 aliphatic carbocycles. The van der Waals surface area contributed by atoms with Crippen molar-refractivity contribution >= 4 is 17.7 Å². The lowest BCUT2D eigenvalue weighted by Gasteiger charge is -2.59. The number of hydrogen-bond acceptors (Lipinski definition) is 5. The highest BCUT2D eigenvalue weighted by Gasteiger charge is 2.69. The molecule has 6 heteroatoms. The zero-order valence-electron chi connectivity index (χ0n) is 16.9. The minimum atomic E-state index is -1.47. The molecule has 0 aromatic heterocycles. The number of aliphatic hydroxyl groups excluding tert-OH is 1. The molecule has 4 rings (SSSR count). The van der Waals surface area contributed by atoms with Gasteiger partial charge in [-0.2, -0.15) is 0 Å². The van der Waals surface area contributed by atoms with E-state index in [1.807, 2.05) is 6.92 Å². The van der Waals surface area contributed by atoms with Crippen LogP contribution >= 0.6 is 0 Å². The standard InChI is InChI=1S/C22H30O6/c1-12(23)28-22(19(26)27)9-7-16-15-5-4-13-10-14(24)11-18(25)21(13,3)17(15)6-8-20(16,22)2/h10,15-18,25H,4-9,11H2,1-3H3,(H,26,27)/t15-,16-,17+,18?,20-,21-,22?/m0/s1. The molecule has 0 aromatic rings. The van der Waals surface area contributed by atoms with Crippen LogP contribution in [0, 0.1) is 28.6 Å². The van der Waals surface area contributed by atoms with E-state index in [4.69, 9.17) is 4.74 Å². The number of aliphatic carboxylic acids is 1. The van der Waals surface area contributed by atoms with Crippen molar-refractivity contribution in [3.8, 4) is 0 Å². The number of ketones is 1. The second-order valence-corrected chi connectivity index (χ2v) is 9.77. The Bertz CT molecular complexity index is 771. The Kier molecular flexibility index (Phi) is 4.31. The van der Waals surface area contributed by atoms with Gasteiger partial charge in [0.05, 0.1) is 6.10 Å². The molecule has 7 atom stereocenters. The van der Waals surface area contributed by atoms with Crippen molar-refractivity contribution in [2.75, 3.05) is 0 Å². The number of aliphatic hydroxyl groups is 1. The molecule has 2 unspecified atom stereocenters. The number of hydrogen-bond donors (Lipinski definition) is 2. The summed E-state index contributed by atoms with van der Waals surface area (Å²) in [6, 6.07) is 0. The summed E-state index contributed by atoms with van der Waals surface area (Å²) in [5.74, 6) is -0.980. The molecular weight excluding hydrogens is 360 g/mol. The van der Waals surface area contributed by atoms with E-state index in [0.717, 1.165) is 24.8 Å². The maximum Gasteiger partial charge on any atom is 0.348 e. The van der Waals surface area contributed by atoms with Crippen molar-refractivity contribution in [2.24, 2.45) is 28.6 Å². The van der Waals surface area contributed by atoms with Crippen LogP contribution in [-0.2, 0) is 19.1 Å². The Morgan fingerprint density at radius 1 is 1.14 bits per heavy atom. The van der Waals surface area contributed by atoms with Crippen LogP contribution in [0.4, 0.5) is 0 Å². The molecule has 0 aromatic carbocycles. The molecule has 3 saturated carbocycles. The number of fused-ring (bicyclic) bond motifs is 5. The SMILES string of the molecule is CC(=O)OC1(C(=O)O)CC[C@H]2[C@@H]3CCC4=CC(=O)CC(O)[C@]4(C)[C@@H]3CC[C@@]21C. The van der Waals surface area contributed by atoms with Crippen LogP contribution in [-0.4, -0.2) is 39.6 Å². The molecule has 154 valence electrons. The van der Waals surface area contributed by atoms with Gasteiger partial charge in [-0.05, 0) is 62.4 Å². The molecule has 0 heterocycles. The van der Waals surface area contributed by atoms with Crippen molar-refractivity contribution in [2.45, 2.75) is 77.4 Å². The quantitative estimate of drug-likeness (QED) is 0.703. The molecule has 6 nitrogen and oxygen atoms in total. The Balaban J connectivity index is 1.72. The summed E-state index contributed by atoms with van der Waals surface area (Å²) in [7, 11) is 0. The minimum absolute atomic E-state index is 0.000286. The average molecular weight is 390 g/mol. The van der Waals surface area contributed by atoms with Crippen molar-refractivity contribution in [1.29, 1.82) is 0 Å². The molecule has 28 heavy (non-hydrogen) atoms. The first-order chi connectivity index (χ1) is 13.1. The second-order valence-electron chi connectivity index (χ2n) is 9.77. The largest absolute Gasteiger partial charge is 0.478 e. The van der Waals surface area contributed by atoms with Crippen molar-refractivity contribution in [1.82, 2.24) is 0 Å². The fourth-order valence-corrected chi connectivity index (χ4v) is 7.42. The summed E-state index contributed by atoms with van der Waals surface area (Å²) in [4.78, 5) is 36.0. The third-order valence-electron chi connectivity index (χ3n) is 8.85. The van der Waals surface area contributed by atoms with Crippen LogP contribution in [0.3, 0.4) is 0 Å². The topological polar surface area (TPSA) is 101 Å². The van der Waals surface area contributed by atoms with Gasteiger partial charge < -0.3 is 14.9 Å². The number of carbonyl (C=O) groups excluding carboxylic acids is 2. The van der Waals surface area contributed by atoms with E-state index in [1.165, 1.54) is 6.92 Å². The van der Waals surface area contributed by atoms with Crippen molar-refractivity contribution < 1.29 is 29.3 Å². The lowest BCUT2D eigenvalue weighted by molar-refractivity contribution is -0.201. The number of carboxylic acids is 1. The van der Waals surface area contributed by atoms with Crippen molar-refractivity contribution in [3.63, 3.8) is 0 Å². The Hall–Kier alpha value is -1.69. The zero-order valence-corrected chi connectivity index (χ0v) is 16.9. The zero-order chi connectivity index (χ0) is 20.5. The number of carboxylic acid groups (broad SMARTS) is 1. The fourth-order valence-electron chi connectivity index (χ4n) is 7.42. The maximum atomic E-state index is 12.3. The first kappa shape index (κ1) is 19.6. The average Bonchev–Trinajstić information content (AvgIpc) is 2.89. The Morgan fingerprint density at radius 3 is 2.46 bits per heavy atom. The summed E-state index contributed by atoms with van der Waals surface area (Å²) >= 11 is 0. The summed E-state index contributed by atoms with van der Waals surface area (Å²) < 4.78 is 5.54. The lowest BCUT2D eigenvalue weighted by atomic mass is 9.46. The predicted molar refractivity (Wildman–Crippen MR) is 100 cm³/mol. The molecule has 0 spiro atoms. The van der Waals surface area contributed by atoms with Crippen LogP contribution in [0.25, 0.3) is 0 Å². The summed E-state index contributed by atoms with van der Waals surface area (Å²) in [6.45, 7) is 5.34. The first-order valence-corrected chi connectivity index (χ1v) is 10.4. The smallest absolute Gasteiger partial charge is 0.348 e. The number of carbonyl (C=O) groups is 3. The highest BCUT2D eigenvalue weighted by Crippen LogP contribution is 2.68. The van der Waals surface area contributed by atoms with Gasteiger partial charge in [-0.3, -0.25) is 9.59 Å². The van der Waals surface area contributed by atoms with Gasteiger partial charge in [-0.1, -0.05) is 19.4 Å². The number of ether oxygens (including phenoxy) is 1. The third-order valence-corrected chi connectivity index (χ3v) is 8.85. The van der Waals surface area contributed by atoms with Crippen LogP contribution in [0.1, 0.15) is 65.7 Å². The van der Waals surface area contributed by atoms with Gasteiger partial charge in [0.1, 0.15) is 0 Å². The van der Waals surface area contributed by atoms with E-state index in [1.54, 1.807) is 6.08 Å². The molecular formula is C22H30O6. The normalized spacial score (nSPS) is 47.4. The van der Waals surface area contributed by atoms with Gasteiger partial charge in [-0.15, -0.1) is 0 Å². The van der Waals surface area contributed by atoms with Gasteiger partial charge in [-0.25, -0.2) is 4.79 Å². The summed E-state index contributed by atoms with van der Waals surface area (Å²) in [5.41, 5.74) is -1.44. The van der Waals surface area contributed by atoms with E-state index < -0.39 is 34.5 Å². The molecule has 2 N–H and O–H groups in total. The molecule has 3 fully saturated rings. The lowest BCUT2D eigenvalue weighted by Crippen LogP contribution is -2.60. The van der Waals surface area contributed by atoms with Crippen LogP contribution in [0.15, 0.2) is 11.6 Å². The molecule has 0 aliphatic heterocycles. The molecule has 0 saturated heterocycles. The van der Waals surface area contributed by atoms with E-state index >= 15 is 0 Å². The molecule has 4 aliphatic rings. The van der Waals surface area contributed by atoms with Crippen LogP contribution < -0.4 is 0 Å². The summed E-state index contributed by atoms with van der Waals surface area (Å²) in [5, 5.41) is 20.9. The highest BCUT2D eigenvalue weighted by molar-refractivity contribution is 5.92. The first-order valence-electron chi connectivity index (χ1n) is 10.4. The van der Waals surface area contributed by atoms with E-state index in [9.17, 15) is 24.6 Å². The van der Waals surface area contributed by atoms with Gasteiger partial charge in [0.15, 0.2) is 5.78 Å². The van der Waals surface area contributed by atoms with E-state index in [2.05, 4.69) is 6.92 Å². The fraction of sp³-hybridized carbons (Fsp3) is 0.773. The molecule has 0 radical (unpaired) electrons. The maximum absolute atomic E-state index is 12.3. The Labute approximate surface area is 165 Å². The molecule has 0 bridgehead atoms. The second kappa shape index (κ2) is 6.15. The monoisotopic (exact) mass is 390 g/mol. The highest BCUT2D eigenvalue weighted by atomic mass is 16.6. The number of rotatable bonds is 2. The van der Waals surface area contributed by atoms with E-state index in [-0.39, 0.29) is 30.0 Å². The van der Waals surface area contributed by atoms with Gasteiger partial charge in [0, 0.05) is 24.2 Å². The van der Waals surface area contributed by atoms with E-state index in [0.29, 0.717) is 19.3 Å². The van der Waals surface area contributed by atoms with Crippen LogP contribution in [0.5, 0.6) is 0 Å². The van der Waals surface area contributed by atoms with Crippen LogP contribution in [0.2, 0.25) is 0 Å². The van der Waals surface area contributed by atoms with Crippen molar-refractivity contribution in [3.05, 3.63) is 11.6 Å². The van der Waals surface area contributed by atoms with Gasteiger partial charge >= 0.3 is 11.9 Å². The third kappa shape index (κ3) is 2.33.